The first-order chi connectivity index (χ1) is 33.2. The number of hydrogen-bond acceptors (Lipinski definition) is 5. The maximum Gasteiger partial charge on any atom is 0.164 e. The second-order valence-corrected chi connectivity index (χ2v) is 17.2. The normalized spacial score (nSPS) is 12.6. The van der Waals surface area contributed by atoms with Gasteiger partial charge in [0.2, 0.25) is 0 Å². The van der Waals surface area contributed by atoms with Gasteiger partial charge in [0.15, 0.2) is 17.5 Å². The Morgan fingerprint density at radius 3 is 0.985 bits per heavy atom. The predicted octanol–water partition coefficient (Wildman–Crippen LogP) is 14.7. The van der Waals surface area contributed by atoms with Crippen LogP contribution in [0.1, 0.15) is 22.3 Å². The van der Waals surface area contributed by atoms with Crippen molar-refractivity contribution in [3.63, 3.8) is 0 Å². The lowest BCUT2D eigenvalue weighted by molar-refractivity contribution is 0.794. The van der Waals surface area contributed by atoms with Crippen molar-refractivity contribution in [2.45, 2.75) is 5.41 Å². The lowest BCUT2D eigenvalue weighted by Crippen LogP contribution is -2.25. The minimum absolute atomic E-state index is 0.501. The van der Waals surface area contributed by atoms with Gasteiger partial charge in [-0.2, -0.15) is 0 Å². The van der Waals surface area contributed by atoms with Gasteiger partial charge in [-0.3, -0.25) is 0 Å². The van der Waals surface area contributed by atoms with Gasteiger partial charge in [-0.15, -0.1) is 0 Å². The molecule has 0 aliphatic heterocycles. The molecule has 5 heteroatoms. The summed E-state index contributed by atoms with van der Waals surface area (Å²) in [7, 11) is 0. The summed E-state index contributed by atoms with van der Waals surface area (Å²) < 4.78 is 0. The number of aromatic nitrogens is 5. The number of pyridine rings is 2. The van der Waals surface area contributed by atoms with Crippen LogP contribution in [-0.4, -0.2) is 24.9 Å². The van der Waals surface area contributed by atoms with E-state index in [1.807, 2.05) is 36.4 Å². The van der Waals surface area contributed by atoms with Gasteiger partial charge in [0, 0.05) is 38.9 Å². The smallest absolute Gasteiger partial charge is 0.164 e. The molecule has 2 aliphatic rings. The molecule has 0 bridgehead atoms. The van der Waals surface area contributed by atoms with E-state index in [0.717, 1.165) is 61.7 Å². The largest absolute Gasteiger partial charge is 0.248 e. The summed E-state index contributed by atoms with van der Waals surface area (Å²) in [6.45, 7) is 0. The average molecular weight is 854 g/mol. The fraction of sp³-hybridized carbons (Fsp3) is 0.0161. The van der Waals surface area contributed by atoms with Gasteiger partial charge in [-0.25, -0.2) is 24.9 Å². The zero-order valence-corrected chi connectivity index (χ0v) is 36.3. The molecule has 13 rings (SSSR count). The quantitative estimate of drug-likeness (QED) is 0.160. The Labute approximate surface area is 388 Å². The van der Waals surface area contributed by atoms with E-state index in [1.165, 1.54) is 44.5 Å². The molecule has 0 radical (unpaired) electrons. The Kier molecular flexibility index (Phi) is 9.00. The van der Waals surface area contributed by atoms with Crippen molar-refractivity contribution in [3.8, 4) is 101 Å². The molecule has 0 atom stereocenters. The third-order valence-corrected chi connectivity index (χ3v) is 13.4. The van der Waals surface area contributed by atoms with E-state index in [9.17, 15) is 0 Å². The van der Waals surface area contributed by atoms with Crippen LogP contribution in [0.25, 0.3) is 101 Å². The summed E-state index contributed by atoms with van der Waals surface area (Å²) in [6, 6.07) is 83.1. The van der Waals surface area contributed by atoms with Gasteiger partial charge in [0.1, 0.15) is 0 Å². The fourth-order valence-electron chi connectivity index (χ4n) is 10.4. The highest BCUT2D eigenvalue weighted by Crippen LogP contribution is 2.63. The molecule has 2 aliphatic carbocycles. The minimum Gasteiger partial charge on any atom is -0.248 e. The number of hydrogen-bond donors (Lipinski definition) is 0. The first-order valence-corrected chi connectivity index (χ1v) is 22.7. The van der Waals surface area contributed by atoms with Gasteiger partial charge in [-0.1, -0.05) is 194 Å². The van der Waals surface area contributed by atoms with E-state index in [2.05, 4.69) is 200 Å². The summed E-state index contributed by atoms with van der Waals surface area (Å²) in [5, 5.41) is 0. The van der Waals surface area contributed by atoms with Crippen LogP contribution in [0.15, 0.2) is 237 Å². The Hall–Kier alpha value is -8.93. The maximum absolute atomic E-state index is 5.35. The molecule has 3 heterocycles. The van der Waals surface area contributed by atoms with Crippen LogP contribution < -0.4 is 0 Å². The number of fused-ring (bicyclic) bond motifs is 10. The van der Waals surface area contributed by atoms with Crippen LogP contribution in [-0.2, 0) is 5.41 Å². The van der Waals surface area contributed by atoms with Crippen LogP contribution in [0, 0.1) is 0 Å². The molecule has 0 unspecified atom stereocenters. The lowest BCUT2D eigenvalue weighted by Gasteiger charge is -2.30. The van der Waals surface area contributed by atoms with Crippen molar-refractivity contribution in [3.05, 3.63) is 259 Å². The third-order valence-electron chi connectivity index (χ3n) is 13.4. The highest BCUT2D eigenvalue weighted by Gasteiger charge is 2.51. The van der Waals surface area contributed by atoms with E-state index in [-0.39, 0.29) is 0 Å². The van der Waals surface area contributed by atoms with E-state index >= 15 is 0 Å². The number of rotatable bonds is 7. The van der Waals surface area contributed by atoms with Crippen molar-refractivity contribution >= 4 is 0 Å². The number of nitrogens with zero attached hydrogens (tertiary/aromatic N) is 5. The molecule has 0 saturated heterocycles. The first-order valence-electron chi connectivity index (χ1n) is 22.7. The molecule has 1 spiro atoms. The summed E-state index contributed by atoms with van der Waals surface area (Å²) in [4.78, 5) is 26.2. The van der Waals surface area contributed by atoms with E-state index in [0.29, 0.717) is 17.5 Å². The van der Waals surface area contributed by atoms with Crippen LogP contribution >= 0.6 is 0 Å². The zero-order chi connectivity index (χ0) is 44.3. The maximum atomic E-state index is 5.35. The third kappa shape index (κ3) is 6.35. The van der Waals surface area contributed by atoms with Crippen molar-refractivity contribution in [2.24, 2.45) is 0 Å². The first kappa shape index (κ1) is 38.5. The van der Waals surface area contributed by atoms with Gasteiger partial charge >= 0.3 is 0 Å². The van der Waals surface area contributed by atoms with Gasteiger partial charge in [-0.05, 0) is 87.0 Å². The van der Waals surface area contributed by atoms with Gasteiger partial charge in [0.05, 0.1) is 28.2 Å². The molecule has 312 valence electrons. The topological polar surface area (TPSA) is 64.5 Å². The van der Waals surface area contributed by atoms with Crippen LogP contribution in [0.5, 0.6) is 0 Å². The highest BCUT2D eigenvalue weighted by molar-refractivity contribution is 5.96. The molecule has 0 N–H and O–H groups in total. The molecular formula is C62H39N5. The minimum atomic E-state index is -0.501. The van der Waals surface area contributed by atoms with Crippen molar-refractivity contribution < 1.29 is 0 Å². The van der Waals surface area contributed by atoms with E-state index in [4.69, 9.17) is 24.9 Å². The SMILES string of the molecule is c1ccc(-c2cccc(-c3cccc(-c4nc(-c5cccc(-c6cccc(-c7ccccc7)n6)c5)nc(-c5ccc6c(c5)C5(c7ccccc7-c7ccccc75)c5ccccc5-6)n4)c3)n2)cc1. The van der Waals surface area contributed by atoms with Crippen molar-refractivity contribution in [1.29, 1.82) is 0 Å². The summed E-state index contributed by atoms with van der Waals surface area (Å²) in [6.07, 6.45) is 0. The zero-order valence-electron chi connectivity index (χ0n) is 36.3. The molecule has 0 saturated carbocycles. The van der Waals surface area contributed by atoms with E-state index < -0.39 is 5.41 Å². The molecule has 3 aromatic heterocycles. The molecule has 5 nitrogen and oxygen atoms in total. The summed E-state index contributed by atoms with van der Waals surface area (Å²) >= 11 is 0. The summed E-state index contributed by atoms with van der Waals surface area (Å²) in [5.41, 5.74) is 19.9. The average Bonchev–Trinajstić information content (AvgIpc) is 3.88. The van der Waals surface area contributed by atoms with Gasteiger partial charge < -0.3 is 0 Å². The fourth-order valence-corrected chi connectivity index (χ4v) is 10.4. The lowest BCUT2D eigenvalue weighted by atomic mass is 9.70. The predicted molar refractivity (Wildman–Crippen MR) is 270 cm³/mol. The van der Waals surface area contributed by atoms with Crippen molar-refractivity contribution in [1.82, 2.24) is 24.9 Å². The van der Waals surface area contributed by atoms with Crippen LogP contribution in [0.3, 0.4) is 0 Å². The molecule has 67 heavy (non-hydrogen) atoms. The van der Waals surface area contributed by atoms with Crippen molar-refractivity contribution in [2.75, 3.05) is 0 Å². The second-order valence-electron chi connectivity index (χ2n) is 17.2. The Bertz CT molecular complexity index is 3500. The van der Waals surface area contributed by atoms with Crippen LogP contribution in [0.2, 0.25) is 0 Å². The highest BCUT2D eigenvalue weighted by atomic mass is 15.0. The van der Waals surface area contributed by atoms with Gasteiger partial charge in [0.25, 0.3) is 0 Å². The molecular weight excluding hydrogens is 815 g/mol. The Balaban J connectivity index is 0.986. The molecule has 11 aromatic rings. The Morgan fingerprint density at radius 2 is 0.537 bits per heavy atom. The Morgan fingerprint density at radius 1 is 0.209 bits per heavy atom. The summed E-state index contributed by atoms with van der Waals surface area (Å²) in [5.74, 6) is 1.74. The molecule has 0 fully saturated rings. The molecule has 8 aromatic carbocycles. The standard InChI is InChI=1S/C62H39N5/c1-3-17-40(18-4-1)55-31-15-33-57(63-55)42-21-13-23-44(37-42)59-65-60(45-24-14-22-43(38-45)58-34-16-32-56(64-58)41-19-5-2-6-20-41)67-61(66-59)46-35-36-50-49-27-9-12-30-53(49)62(54(50)39-46)51-28-10-7-25-47(51)48-26-8-11-29-52(48)62/h1-39H. The second kappa shape index (κ2) is 15.7. The number of benzene rings is 8. The monoisotopic (exact) mass is 853 g/mol. The van der Waals surface area contributed by atoms with Crippen LogP contribution in [0.4, 0.5) is 0 Å². The molecule has 0 amide bonds. The van der Waals surface area contributed by atoms with E-state index in [1.54, 1.807) is 0 Å².